The molecule has 4 nitrogen and oxygen atoms in total. The summed E-state index contributed by atoms with van der Waals surface area (Å²) in [4.78, 5) is 2.38. The molecule has 2 rings (SSSR count). The maximum Gasteiger partial charge on any atom is 0.151 e. The lowest BCUT2D eigenvalue weighted by Gasteiger charge is -2.36. The molecule has 0 amide bonds. The minimum Gasteiger partial charge on any atom is -0.310 e. The van der Waals surface area contributed by atoms with Crippen LogP contribution in [0.2, 0.25) is 0 Å². The monoisotopic (exact) mass is 274 g/mol. The van der Waals surface area contributed by atoms with E-state index in [-0.39, 0.29) is 6.04 Å². The van der Waals surface area contributed by atoms with Crippen LogP contribution in [0.4, 0.5) is 0 Å². The normalized spacial score (nSPS) is 35.2. The average Bonchev–Trinajstić information content (AvgIpc) is 2.27. The quantitative estimate of drug-likeness (QED) is 0.830. The van der Waals surface area contributed by atoms with Gasteiger partial charge in [-0.3, -0.25) is 0 Å². The molecule has 0 radical (unpaired) electrons. The SMILES string of the molecule is CC(NC1CCCS(=O)(=O)C1)C1CCCN(C)C1. The van der Waals surface area contributed by atoms with Gasteiger partial charge in [-0.05, 0) is 52.1 Å². The molecule has 0 bridgehead atoms. The van der Waals surface area contributed by atoms with Gasteiger partial charge in [0.05, 0.1) is 11.5 Å². The fraction of sp³-hybridized carbons (Fsp3) is 1.00. The highest BCUT2D eigenvalue weighted by atomic mass is 32.2. The summed E-state index contributed by atoms with van der Waals surface area (Å²) in [5.41, 5.74) is 0. The van der Waals surface area contributed by atoms with Crippen LogP contribution in [0.1, 0.15) is 32.6 Å². The molecule has 2 fully saturated rings. The van der Waals surface area contributed by atoms with E-state index in [9.17, 15) is 8.42 Å². The summed E-state index contributed by atoms with van der Waals surface area (Å²) in [6, 6.07) is 0.594. The minimum absolute atomic E-state index is 0.172. The maximum atomic E-state index is 11.6. The summed E-state index contributed by atoms with van der Waals surface area (Å²) in [5, 5.41) is 3.56. The van der Waals surface area contributed by atoms with Gasteiger partial charge in [0.25, 0.3) is 0 Å². The molecule has 106 valence electrons. The van der Waals surface area contributed by atoms with Crippen molar-refractivity contribution in [2.24, 2.45) is 5.92 Å². The van der Waals surface area contributed by atoms with Gasteiger partial charge in [-0.15, -0.1) is 0 Å². The molecule has 2 aliphatic rings. The van der Waals surface area contributed by atoms with Crippen LogP contribution >= 0.6 is 0 Å². The van der Waals surface area contributed by atoms with Crippen molar-refractivity contribution >= 4 is 9.84 Å². The van der Waals surface area contributed by atoms with Gasteiger partial charge in [0.2, 0.25) is 0 Å². The van der Waals surface area contributed by atoms with Crippen LogP contribution in [-0.2, 0) is 9.84 Å². The molecular formula is C13H26N2O2S. The molecule has 5 heteroatoms. The van der Waals surface area contributed by atoms with Crippen molar-refractivity contribution in [3.63, 3.8) is 0 Å². The Bertz CT molecular complexity index is 369. The lowest BCUT2D eigenvalue weighted by atomic mass is 9.91. The Labute approximate surface area is 111 Å². The Morgan fingerprint density at radius 3 is 2.72 bits per heavy atom. The summed E-state index contributed by atoms with van der Waals surface area (Å²) in [5.74, 6) is 1.37. The van der Waals surface area contributed by atoms with Crippen LogP contribution in [0.15, 0.2) is 0 Å². The fourth-order valence-corrected chi connectivity index (χ4v) is 4.93. The first-order valence-electron chi connectivity index (χ1n) is 7.11. The Balaban J connectivity index is 1.85. The topological polar surface area (TPSA) is 49.4 Å². The highest BCUT2D eigenvalue weighted by Gasteiger charge is 2.29. The number of likely N-dealkylation sites (tertiary alicyclic amines) is 1. The summed E-state index contributed by atoms with van der Waals surface area (Å²) in [6.45, 7) is 4.54. The zero-order chi connectivity index (χ0) is 13.2. The lowest BCUT2D eigenvalue weighted by molar-refractivity contribution is 0.173. The van der Waals surface area contributed by atoms with Crippen molar-refractivity contribution in [2.45, 2.75) is 44.7 Å². The Hall–Kier alpha value is -0.130. The predicted octanol–water partition coefficient (Wildman–Crippen LogP) is 0.884. The van der Waals surface area contributed by atoms with Gasteiger partial charge >= 0.3 is 0 Å². The van der Waals surface area contributed by atoms with Crippen molar-refractivity contribution in [3.8, 4) is 0 Å². The molecule has 2 aliphatic heterocycles. The number of hydrogen-bond donors (Lipinski definition) is 1. The maximum absolute atomic E-state index is 11.6. The van der Waals surface area contributed by atoms with Crippen LogP contribution in [0.5, 0.6) is 0 Å². The Kier molecular flexibility index (Phi) is 4.67. The van der Waals surface area contributed by atoms with Gasteiger partial charge in [-0.1, -0.05) is 0 Å². The molecule has 18 heavy (non-hydrogen) atoms. The van der Waals surface area contributed by atoms with Gasteiger partial charge in [-0.25, -0.2) is 8.42 Å². The van der Waals surface area contributed by atoms with Gasteiger partial charge in [0.15, 0.2) is 9.84 Å². The zero-order valence-corrected chi connectivity index (χ0v) is 12.4. The second-order valence-electron chi connectivity index (χ2n) is 6.07. The van der Waals surface area contributed by atoms with E-state index in [2.05, 4.69) is 24.2 Å². The van der Waals surface area contributed by atoms with E-state index >= 15 is 0 Å². The van der Waals surface area contributed by atoms with Crippen molar-refractivity contribution in [3.05, 3.63) is 0 Å². The van der Waals surface area contributed by atoms with Crippen molar-refractivity contribution in [2.75, 3.05) is 31.6 Å². The number of nitrogens with zero attached hydrogens (tertiary/aromatic N) is 1. The van der Waals surface area contributed by atoms with Crippen molar-refractivity contribution in [1.82, 2.24) is 10.2 Å². The van der Waals surface area contributed by atoms with E-state index in [4.69, 9.17) is 0 Å². The molecular weight excluding hydrogens is 248 g/mol. The largest absolute Gasteiger partial charge is 0.310 e. The molecule has 0 aromatic carbocycles. The first kappa shape index (κ1) is 14.3. The molecule has 0 aromatic heterocycles. The Morgan fingerprint density at radius 2 is 2.06 bits per heavy atom. The van der Waals surface area contributed by atoms with Crippen molar-refractivity contribution in [1.29, 1.82) is 0 Å². The fourth-order valence-electron chi connectivity index (χ4n) is 3.28. The number of nitrogens with one attached hydrogen (secondary N) is 1. The highest BCUT2D eigenvalue weighted by Crippen LogP contribution is 2.20. The molecule has 0 saturated carbocycles. The van der Waals surface area contributed by atoms with Crippen LogP contribution in [0.3, 0.4) is 0 Å². The van der Waals surface area contributed by atoms with Crippen molar-refractivity contribution < 1.29 is 8.42 Å². The molecule has 0 aliphatic carbocycles. The number of sulfone groups is 1. The summed E-state index contributed by atoms with van der Waals surface area (Å²) in [7, 11) is -0.621. The third-order valence-corrected chi connectivity index (χ3v) is 6.15. The van der Waals surface area contributed by atoms with E-state index < -0.39 is 9.84 Å². The molecule has 3 unspecified atom stereocenters. The van der Waals surface area contributed by atoms with Crippen LogP contribution in [0.25, 0.3) is 0 Å². The van der Waals surface area contributed by atoms with Crippen LogP contribution in [-0.4, -0.2) is 57.0 Å². The minimum atomic E-state index is -2.79. The first-order valence-corrected chi connectivity index (χ1v) is 8.93. The summed E-state index contributed by atoms with van der Waals surface area (Å²) in [6.07, 6.45) is 4.34. The standard InChI is InChI=1S/C13H26N2O2S/c1-11(12-5-3-7-15(2)9-12)14-13-6-4-8-18(16,17)10-13/h11-14H,3-10H2,1-2H3. The van der Waals surface area contributed by atoms with Gasteiger partial charge < -0.3 is 10.2 Å². The molecule has 2 heterocycles. The summed E-state index contributed by atoms with van der Waals surface area (Å²) >= 11 is 0. The second kappa shape index (κ2) is 5.88. The first-order chi connectivity index (χ1) is 8.46. The number of hydrogen-bond acceptors (Lipinski definition) is 4. The third kappa shape index (κ3) is 3.93. The Morgan fingerprint density at radius 1 is 1.28 bits per heavy atom. The smallest absolute Gasteiger partial charge is 0.151 e. The van der Waals surface area contributed by atoms with E-state index in [0.29, 0.717) is 23.5 Å². The van der Waals surface area contributed by atoms with Crippen LogP contribution < -0.4 is 5.32 Å². The molecule has 2 saturated heterocycles. The van der Waals surface area contributed by atoms with Crippen LogP contribution in [0, 0.1) is 5.92 Å². The van der Waals surface area contributed by atoms with Gasteiger partial charge in [0, 0.05) is 18.6 Å². The van der Waals surface area contributed by atoms with E-state index in [0.717, 1.165) is 19.4 Å². The van der Waals surface area contributed by atoms with E-state index in [1.54, 1.807) is 0 Å². The number of rotatable bonds is 3. The zero-order valence-electron chi connectivity index (χ0n) is 11.6. The second-order valence-corrected chi connectivity index (χ2v) is 8.30. The molecule has 0 spiro atoms. The third-order valence-electron chi connectivity index (χ3n) is 4.33. The molecule has 0 aromatic rings. The van der Waals surface area contributed by atoms with Gasteiger partial charge in [0.1, 0.15) is 0 Å². The molecule has 1 N–H and O–H groups in total. The lowest BCUT2D eigenvalue weighted by Crippen LogP contribution is -2.49. The van der Waals surface area contributed by atoms with E-state index in [1.165, 1.54) is 19.4 Å². The predicted molar refractivity (Wildman–Crippen MR) is 74.5 cm³/mol. The average molecular weight is 274 g/mol. The van der Waals surface area contributed by atoms with E-state index in [1.807, 2.05) is 0 Å². The molecule has 3 atom stereocenters. The highest BCUT2D eigenvalue weighted by molar-refractivity contribution is 7.91. The van der Waals surface area contributed by atoms with Gasteiger partial charge in [-0.2, -0.15) is 0 Å². The summed E-state index contributed by atoms with van der Waals surface area (Å²) < 4.78 is 23.2. The number of piperidine rings is 1.